The standard InChI is InChI=1S/C14H17Cl2NO2/c15-11-4-3-10(6-12(11)16)14(8-17)5-1-2-9(7-14)13(18)19/h3-4,6,9H,1-2,5,7-8,17H2,(H,18,19)/t9-,14-/m1/s1. The van der Waals surface area contributed by atoms with Gasteiger partial charge in [0, 0.05) is 12.0 Å². The quantitative estimate of drug-likeness (QED) is 0.898. The lowest BCUT2D eigenvalue weighted by molar-refractivity contribution is -0.143. The zero-order chi connectivity index (χ0) is 14.0. The Kier molecular flexibility index (Phi) is 4.39. The van der Waals surface area contributed by atoms with Gasteiger partial charge in [0.2, 0.25) is 0 Å². The highest BCUT2D eigenvalue weighted by Gasteiger charge is 2.39. The number of hydrogen-bond acceptors (Lipinski definition) is 2. The SMILES string of the molecule is NC[C@@]1(c2ccc(Cl)c(Cl)c2)CCC[C@@H](C(=O)O)C1. The summed E-state index contributed by atoms with van der Waals surface area (Å²) in [6.07, 6.45) is 3.05. The number of carbonyl (C=O) groups is 1. The van der Waals surface area contributed by atoms with E-state index in [1.54, 1.807) is 6.07 Å². The monoisotopic (exact) mass is 301 g/mol. The Labute approximate surface area is 122 Å². The number of rotatable bonds is 3. The molecule has 1 aromatic rings. The van der Waals surface area contributed by atoms with Gasteiger partial charge < -0.3 is 10.8 Å². The number of carboxylic acid groups (broad SMARTS) is 1. The summed E-state index contributed by atoms with van der Waals surface area (Å²) in [4.78, 5) is 11.2. The summed E-state index contributed by atoms with van der Waals surface area (Å²) in [5.41, 5.74) is 6.65. The van der Waals surface area contributed by atoms with E-state index >= 15 is 0 Å². The van der Waals surface area contributed by atoms with E-state index in [0.29, 0.717) is 23.0 Å². The summed E-state index contributed by atoms with van der Waals surface area (Å²) in [6.45, 7) is 0.425. The first-order valence-corrected chi connectivity index (χ1v) is 7.12. The van der Waals surface area contributed by atoms with E-state index in [4.69, 9.17) is 28.9 Å². The Bertz CT molecular complexity index is 492. The van der Waals surface area contributed by atoms with Crippen molar-refractivity contribution in [2.24, 2.45) is 11.7 Å². The van der Waals surface area contributed by atoms with Crippen LogP contribution in [0.4, 0.5) is 0 Å². The lowest BCUT2D eigenvalue weighted by atomic mass is 9.66. The second kappa shape index (κ2) is 5.70. The van der Waals surface area contributed by atoms with Gasteiger partial charge in [-0.15, -0.1) is 0 Å². The van der Waals surface area contributed by atoms with E-state index in [-0.39, 0.29) is 11.3 Å². The highest BCUT2D eigenvalue weighted by Crippen LogP contribution is 2.42. The summed E-state index contributed by atoms with van der Waals surface area (Å²) < 4.78 is 0. The van der Waals surface area contributed by atoms with Crippen molar-refractivity contribution in [2.75, 3.05) is 6.54 Å². The summed E-state index contributed by atoms with van der Waals surface area (Å²) in [5.74, 6) is -1.07. The fourth-order valence-electron chi connectivity index (χ4n) is 2.96. The van der Waals surface area contributed by atoms with Crippen LogP contribution in [-0.4, -0.2) is 17.6 Å². The molecule has 0 unspecified atom stereocenters. The molecule has 0 amide bonds. The van der Waals surface area contributed by atoms with E-state index in [9.17, 15) is 9.90 Å². The molecule has 0 heterocycles. The van der Waals surface area contributed by atoms with E-state index in [2.05, 4.69) is 0 Å². The fourth-order valence-corrected chi connectivity index (χ4v) is 3.26. The Morgan fingerprint density at radius 3 is 2.74 bits per heavy atom. The molecule has 3 N–H and O–H groups in total. The van der Waals surface area contributed by atoms with Gasteiger partial charge >= 0.3 is 5.97 Å². The van der Waals surface area contributed by atoms with Gasteiger partial charge in [-0.1, -0.05) is 35.7 Å². The molecule has 1 aliphatic rings. The minimum atomic E-state index is -0.738. The zero-order valence-corrected chi connectivity index (χ0v) is 12.0. The molecule has 1 saturated carbocycles. The fraction of sp³-hybridized carbons (Fsp3) is 0.500. The third-order valence-corrected chi connectivity index (χ3v) is 4.86. The summed E-state index contributed by atoms with van der Waals surface area (Å²) in [5, 5.41) is 10.2. The van der Waals surface area contributed by atoms with Gasteiger partial charge in [-0.25, -0.2) is 0 Å². The normalized spacial score (nSPS) is 27.2. The van der Waals surface area contributed by atoms with Gasteiger partial charge in [0.15, 0.2) is 0 Å². The van der Waals surface area contributed by atoms with Gasteiger partial charge in [-0.3, -0.25) is 4.79 Å². The van der Waals surface area contributed by atoms with Crippen molar-refractivity contribution < 1.29 is 9.90 Å². The lowest BCUT2D eigenvalue weighted by Gasteiger charge is -2.39. The van der Waals surface area contributed by atoms with Crippen LogP contribution in [0.5, 0.6) is 0 Å². The molecule has 1 fully saturated rings. The van der Waals surface area contributed by atoms with Crippen molar-refractivity contribution in [1.82, 2.24) is 0 Å². The van der Waals surface area contributed by atoms with Crippen molar-refractivity contribution in [3.63, 3.8) is 0 Å². The van der Waals surface area contributed by atoms with Gasteiger partial charge in [0.1, 0.15) is 0 Å². The number of carboxylic acids is 1. The zero-order valence-electron chi connectivity index (χ0n) is 10.5. The average Bonchev–Trinajstić information content (AvgIpc) is 2.41. The van der Waals surface area contributed by atoms with Gasteiger partial charge in [-0.2, -0.15) is 0 Å². The predicted molar refractivity (Wildman–Crippen MR) is 76.8 cm³/mol. The second-order valence-electron chi connectivity index (χ2n) is 5.24. The van der Waals surface area contributed by atoms with E-state index in [1.165, 1.54) is 0 Å². The van der Waals surface area contributed by atoms with Crippen molar-refractivity contribution in [3.05, 3.63) is 33.8 Å². The molecule has 5 heteroatoms. The Morgan fingerprint density at radius 1 is 1.42 bits per heavy atom. The largest absolute Gasteiger partial charge is 0.481 e. The van der Waals surface area contributed by atoms with Crippen LogP contribution in [0.3, 0.4) is 0 Å². The molecular formula is C14H17Cl2NO2. The highest BCUT2D eigenvalue weighted by atomic mass is 35.5. The number of halogens is 2. The predicted octanol–water partition coefficient (Wildman–Crippen LogP) is 3.46. The Hall–Kier alpha value is -0.770. The first kappa shape index (κ1) is 14.6. The van der Waals surface area contributed by atoms with Crippen molar-refractivity contribution >= 4 is 29.2 Å². The average molecular weight is 302 g/mol. The van der Waals surface area contributed by atoms with Crippen LogP contribution in [0.15, 0.2) is 18.2 Å². The molecule has 0 spiro atoms. The van der Waals surface area contributed by atoms with Crippen LogP contribution in [0.2, 0.25) is 10.0 Å². The molecule has 0 aliphatic heterocycles. The molecule has 0 saturated heterocycles. The molecule has 1 aliphatic carbocycles. The molecule has 0 bridgehead atoms. The molecule has 3 nitrogen and oxygen atoms in total. The van der Waals surface area contributed by atoms with Crippen molar-refractivity contribution in [3.8, 4) is 0 Å². The molecule has 0 radical (unpaired) electrons. The van der Waals surface area contributed by atoms with E-state index in [1.807, 2.05) is 12.1 Å². The van der Waals surface area contributed by atoms with Crippen molar-refractivity contribution in [1.29, 1.82) is 0 Å². The molecule has 1 aromatic carbocycles. The third-order valence-electron chi connectivity index (χ3n) is 4.12. The number of benzene rings is 1. The van der Waals surface area contributed by atoms with Crippen LogP contribution in [-0.2, 0) is 10.2 Å². The number of nitrogens with two attached hydrogens (primary N) is 1. The molecule has 0 aromatic heterocycles. The minimum Gasteiger partial charge on any atom is -0.481 e. The maximum atomic E-state index is 11.2. The molecule has 19 heavy (non-hydrogen) atoms. The summed E-state index contributed by atoms with van der Waals surface area (Å²) in [7, 11) is 0. The van der Waals surface area contributed by atoms with Crippen LogP contribution in [0.1, 0.15) is 31.2 Å². The first-order valence-electron chi connectivity index (χ1n) is 6.37. The van der Waals surface area contributed by atoms with Crippen molar-refractivity contribution in [2.45, 2.75) is 31.1 Å². The van der Waals surface area contributed by atoms with E-state index < -0.39 is 5.97 Å². The third kappa shape index (κ3) is 2.88. The highest BCUT2D eigenvalue weighted by molar-refractivity contribution is 6.42. The minimum absolute atomic E-state index is 0.296. The van der Waals surface area contributed by atoms with Crippen LogP contribution in [0.25, 0.3) is 0 Å². The molecule has 104 valence electrons. The van der Waals surface area contributed by atoms with Gasteiger partial charge in [-0.05, 0) is 37.0 Å². The number of hydrogen-bond donors (Lipinski definition) is 2. The number of aliphatic carboxylic acids is 1. The molecular weight excluding hydrogens is 285 g/mol. The topological polar surface area (TPSA) is 63.3 Å². The lowest BCUT2D eigenvalue weighted by Crippen LogP contribution is -2.41. The smallest absolute Gasteiger partial charge is 0.306 e. The van der Waals surface area contributed by atoms with Crippen LogP contribution < -0.4 is 5.73 Å². The molecule has 2 rings (SSSR count). The maximum Gasteiger partial charge on any atom is 0.306 e. The summed E-state index contributed by atoms with van der Waals surface area (Å²) in [6, 6.07) is 5.48. The van der Waals surface area contributed by atoms with Gasteiger partial charge in [0.05, 0.1) is 16.0 Å². The van der Waals surface area contributed by atoms with Crippen LogP contribution >= 0.6 is 23.2 Å². The van der Waals surface area contributed by atoms with E-state index in [0.717, 1.165) is 24.8 Å². The Morgan fingerprint density at radius 2 is 2.16 bits per heavy atom. The maximum absolute atomic E-state index is 11.2. The first-order chi connectivity index (χ1) is 8.98. The van der Waals surface area contributed by atoms with Crippen LogP contribution in [0, 0.1) is 5.92 Å². The Balaban J connectivity index is 2.36. The van der Waals surface area contributed by atoms with Gasteiger partial charge in [0.25, 0.3) is 0 Å². The molecule has 2 atom stereocenters. The summed E-state index contributed by atoms with van der Waals surface area (Å²) >= 11 is 12.0. The second-order valence-corrected chi connectivity index (χ2v) is 6.06.